The van der Waals surface area contributed by atoms with E-state index in [-0.39, 0.29) is 29.8 Å². The van der Waals surface area contributed by atoms with Crippen LogP contribution in [0.25, 0.3) is 11.1 Å². The minimum absolute atomic E-state index is 0.0799. The van der Waals surface area contributed by atoms with Gasteiger partial charge in [-0.25, -0.2) is 0 Å². The number of rotatable bonds is 7. The lowest BCUT2D eigenvalue weighted by Gasteiger charge is -2.39. The third-order valence-corrected chi connectivity index (χ3v) is 8.20. The van der Waals surface area contributed by atoms with Crippen molar-refractivity contribution in [1.82, 2.24) is 14.4 Å². The first-order chi connectivity index (χ1) is 18.8. The predicted molar refractivity (Wildman–Crippen MR) is 152 cm³/mol. The first-order valence-corrected chi connectivity index (χ1v) is 14.0. The van der Waals surface area contributed by atoms with E-state index in [0.717, 1.165) is 24.0 Å². The van der Waals surface area contributed by atoms with Crippen LogP contribution in [0, 0.1) is 0 Å². The van der Waals surface area contributed by atoms with Crippen LogP contribution < -0.4 is 5.56 Å². The van der Waals surface area contributed by atoms with Crippen molar-refractivity contribution in [2.24, 2.45) is 0 Å². The Balaban J connectivity index is 1.31. The van der Waals surface area contributed by atoms with Gasteiger partial charge in [-0.3, -0.25) is 14.4 Å². The van der Waals surface area contributed by atoms with Gasteiger partial charge in [-0.05, 0) is 42.7 Å². The molecule has 7 nitrogen and oxygen atoms in total. The molecule has 2 amide bonds. The molecule has 1 unspecified atom stereocenters. The fourth-order valence-corrected chi connectivity index (χ4v) is 5.75. The molecule has 0 saturated carbocycles. The Morgan fingerprint density at radius 3 is 2.15 bits per heavy atom. The summed E-state index contributed by atoms with van der Waals surface area (Å²) in [4.78, 5) is 43.3. The highest BCUT2D eigenvalue weighted by Gasteiger charge is 2.35. The third-order valence-electron chi connectivity index (χ3n) is 8.20. The molecule has 0 bridgehead atoms. The van der Waals surface area contributed by atoms with E-state index >= 15 is 0 Å². The Morgan fingerprint density at radius 1 is 0.897 bits per heavy atom. The molecule has 7 heteroatoms. The Kier molecular flexibility index (Phi) is 7.98. The topological polar surface area (TPSA) is 82.8 Å². The molecule has 2 aliphatic heterocycles. The standard InChI is InChI=1S/C32H37N3O4/c1-24(25-10-4-2-5-11-25)20-29(36)33-18-14-32(39,15-19-33)23-35-22-28(31(38)34-16-8-9-17-34)27(21-30(35)37)26-12-6-3-7-13-26/h2-7,10-13,21-22,24,39H,8-9,14-20,23H2,1H3. The Bertz CT molecular complexity index is 1360. The van der Waals surface area contributed by atoms with Gasteiger partial charge >= 0.3 is 0 Å². The molecular formula is C32H37N3O4. The number of benzene rings is 2. The maximum atomic E-state index is 13.5. The highest BCUT2D eigenvalue weighted by Crippen LogP contribution is 2.28. The SMILES string of the molecule is CC(CC(=O)N1CCC(O)(Cn2cc(C(=O)N3CCCC3)c(-c3ccccc3)cc2=O)CC1)c1ccccc1. The van der Waals surface area contributed by atoms with Crippen molar-refractivity contribution in [3.05, 3.63) is 94.4 Å². The second-order valence-electron chi connectivity index (χ2n) is 11.1. The van der Waals surface area contributed by atoms with Crippen LogP contribution in [-0.2, 0) is 11.3 Å². The number of carbonyl (C=O) groups is 2. The van der Waals surface area contributed by atoms with Crippen molar-refractivity contribution in [1.29, 1.82) is 0 Å². The number of amides is 2. The van der Waals surface area contributed by atoms with Gasteiger partial charge in [0.2, 0.25) is 5.91 Å². The van der Waals surface area contributed by atoms with Crippen LogP contribution in [0.4, 0.5) is 0 Å². The molecule has 2 saturated heterocycles. The summed E-state index contributed by atoms with van der Waals surface area (Å²) in [5.74, 6) is 0.115. The van der Waals surface area contributed by atoms with Crippen LogP contribution in [0.5, 0.6) is 0 Å². The van der Waals surface area contributed by atoms with E-state index in [2.05, 4.69) is 6.92 Å². The average molecular weight is 528 g/mol. The molecule has 2 fully saturated rings. The van der Waals surface area contributed by atoms with Gasteiger partial charge in [0.15, 0.2) is 0 Å². The van der Waals surface area contributed by atoms with Crippen LogP contribution in [0.1, 0.15) is 60.9 Å². The van der Waals surface area contributed by atoms with Gasteiger partial charge < -0.3 is 19.5 Å². The molecule has 0 spiro atoms. The quantitative estimate of drug-likeness (QED) is 0.497. The van der Waals surface area contributed by atoms with Gasteiger partial charge in [0.1, 0.15) is 0 Å². The summed E-state index contributed by atoms with van der Waals surface area (Å²) in [7, 11) is 0. The van der Waals surface area contributed by atoms with Crippen LogP contribution >= 0.6 is 0 Å². The predicted octanol–water partition coefficient (Wildman–Crippen LogP) is 4.30. The number of piperidine rings is 1. The molecule has 0 aliphatic carbocycles. The van der Waals surface area contributed by atoms with E-state index in [1.165, 1.54) is 10.6 Å². The Labute approximate surface area is 229 Å². The van der Waals surface area contributed by atoms with Crippen LogP contribution in [0.3, 0.4) is 0 Å². The van der Waals surface area contributed by atoms with E-state index in [4.69, 9.17) is 0 Å². The molecule has 204 valence electrons. The number of aliphatic hydroxyl groups is 1. The zero-order valence-corrected chi connectivity index (χ0v) is 22.6. The number of likely N-dealkylation sites (tertiary alicyclic amines) is 2. The Morgan fingerprint density at radius 2 is 1.51 bits per heavy atom. The zero-order chi connectivity index (χ0) is 27.4. The summed E-state index contributed by atoms with van der Waals surface area (Å²) in [6, 6.07) is 21.0. The van der Waals surface area contributed by atoms with Gasteiger partial charge in [0.05, 0.1) is 17.7 Å². The largest absolute Gasteiger partial charge is 0.388 e. The van der Waals surface area contributed by atoms with Gasteiger partial charge in [-0.15, -0.1) is 0 Å². The molecule has 39 heavy (non-hydrogen) atoms. The number of nitrogens with zero attached hydrogens (tertiary/aromatic N) is 3. The lowest BCUT2D eigenvalue weighted by Crippen LogP contribution is -2.49. The van der Waals surface area contributed by atoms with Gasteiger partial charge in [-0.2, -0.15) is 0 Å². The summed E-state index contributed by atoms with van der Waals surface area (Å²) in [5, 5.41) is 11.4. The first-order valence-electron chi connectivity index (χ1n) is 14.0. The second kappa shape index (κ2) is 11.6. The summed E-state index contributed by atoms with van der Waals surface area (Å²) >= 11 is 0. The smallest absolute Gasteiger partial charge is 0.255 e. The van der Waals surface area contributed by atoms with Crippen LogP contribution in [0.15, 0.2) is 77.7 Å². The van der Waals surface area contributed by atoms with Gasteiger partial charge in [-0.1, -0.05) is 67.6 Å². The van der Waals surface area contributed by atoms with E-state index in [1.54, 1.807) is 6.20 Å². The fourth-order valence-electron chi connectivity index (χ4n) is 5.75. The van der Waals surface area contributed by atoms with Crippen molar-refractivity contribution in [2.75, 3.05) is 26.2 Å². The third kappa shape index (κ3) is 6.14. The van der Waals surface area contributed by atoms with Crippen LogP contribution in [0.2, 0.25) is 0 Å². The summed E-state index contributed by atoms with van der Waals surface area (Å²) in [6.45, 7) is 4.44. The molecule has 3 aromatic rings. The van der Waals surface area contributed by atoms with Crippen molar-refractivity contribution in [3.63, 3.8) is 0 Å². The molecule has 2 aromatic carbocycles. The van der Waals surface area contributed by atoms with Crippen molar-refractivity contribution >= 4 is 11.8 Å². The number of hydrogen-bond donors (Lipinski definition) is 1. The summed E-state index contributed by atoms with van der Waals surface area (Å²) in [6.07, 6.45) is 4.75. The van der Waals surface area contributed by atoms with Gasteiger partial charge in [0, 0.05) is 50.4 Å². The Hall–Kier alpha value is -3.71. The fraction of sp³-hybridized carbons (Fsp3) is 0.406. The highest BCUT2D eigenvalue weighted by atomic mass is 16.3. The minimum Gasteiger partial charge on any atom is -0.388 e. The number of hydrogen-bond acceptors (Lipinski definition) is 4. The number of pyridine rings is 1. The highest BCUT2D eigenvalue weighted by molar-refractivity contribution is 6.00. The molecule has 1 N–H and O–H groups in total. The average Bonchev–Trinajstić information content (AvgIpc) is 3.50. The lowest BCUT2D eigenvalue weighted by molar-refractivity contribution is -0.136. The molecular weight excluding hydrogens is 490 g/mol. The minimum atomic E-state index is -1.13. The summed E-state index contributed by atoms with van der Waals surface area (Å²) < 4.78 is 1.48. The molecule has 1 aromatic heterocycles. The van der Waals surface area contributed by atoms with Crippen molar-refractivity contribution < 1.29 is 14.7 Å². The van der Waals surface area contributed by atoms with Gasteiger partial charge in [0.25, 0.3) is 11.5 Å². The molecule has 3 heterocycles. The molecule has 5 rings (SSSR count). The maximum absolute atomic E-state index is 13.5. The van der Waals surface area contributed by atoms with E-state index in [1.807, 2.05) is 70.5 Å². The van der Waals surface area contributed by atoms with Crippen molar-refractivity contribution in [2.45, 2.75) is 57.1 Å². The molecule has 1 atom stereocenters. The maximum Gasteiger partial charge on any atom is 0.255 e. The molecule has 2 aliphatic rings. The van der Waals surface area contributed by atoms with Crippen molar-refractivity contribution in [3.8, 4) is 11.1 Å². The monoisotopic (exact) mass is 527 g/mol. The summed E-state index contributed by atoms with van der Waals surface area (Å²) in [5.41, 5.74) is 1.67. The first kappa shape index (κ1) is 26.9. The zero-order valence-electron chi connectivity index (χ0n) is 22.6. The van der Waals surface area contributed by atoms with E-state index in [0.29, 0.717) is 56.6 Å². The van der Waals surface area contributed by atoms with E-state index in [9.17, 15) is 19.5 Å². The normalized spacial score (nSPS) is 17.7. The molecule has 0 radical (unpaired) electrons. The number of carbonyl (C=O) groups excluding carboxylic acids is 2. The second-order valence-corrected chi connectivity index (χ2v) is 11.1. The lowest BCUT2D eigenvalue weighted by atomic mass is 9.90. The number of aromatic nitrogens is 1. The van der Waals surface area contributed by atoms with E-state index < -0.39 is 5.60 Å². The van der Waals surface area contributed by atoms with Crippen LogP contribution in [-0.4, -0.2) is 63.1 Å².